The fraction of sp³-hybridized carbons (Fsp3) is 0.167. The minimum absolute atomic E-state index is 0.0125. The van der Waals surface area contributed by atoms with E-state index in [0.717, 1.165) is 16.8 Å². The molecule has 0 spiro atoms. The molecule has 136 valence electrons. The van der Waals surface area contributed by atoms with Gasteiger partial charge in [-0.1, -0.05) is 35.4 Å². The van der Waals surface area contributed by atoms with Crippen molar-refractivity contribution < 1.29 is 4.42 Å². The van der Waals surface area contributed by atoms with Crippen LogP contribution in [0.15, 0.2) is 44.5 Å². The van der Waals surface area contributed by atoms with Gasteiger partial charge < -0.3 is 10.2 Å². The molecule has 0 saturated heterocycles. The Morgan fingerprint density at radius 2 is 1.93 bits per heavy atom. The van der Waals surface area contributed by atoms with Crippen molar-refractivity contribution in [1.29, 1.82) is 0 Å². The lowest BCUT2D eigenvalue weighted by Gasteiger charge is -2.03. The van der Waals surface area contributed by atoms with Gasteiger partial charge >= 0.3 is 6.01 Å². The number of aliphatic imine (C=N–C) groups is 1. The maximum Gasteiger partial charge on any atom is 0.344 e. The maximum atomic E-state index is 13.1. The minimum atomic E-state index is -0.327. The molecule has 0 unspecified atom stereocenters. The van der Waals surface area contributed by atoms with Gasteiger partial charge in [-0.3, -0.25) is 9.89 Å². The summed E-state index contributed by atoms with van der Waals surface area (Å²) in [6.45, 7) is 5.23. The molecular formula is C18H17N7O2. The van der Waals surface area contributed by atoms with E-state index in [9.17, 15) is 4.79 Å². The molecule has 0 atom stereocenters. The molecule has 9 nitrogen and oxygen atoms in total. The van der Waals surface area contributed by atoms with Gasteiger partial charge in [0.1, 0.15) is 11.4 Å². The van der Waals surface area contributed by atoms with Gasteiger partial charge in [0.05, 0.1) is 5.69 Å². The number of amidine groups is 1. The number of hydrogen-bond acceptors (Lipinski definition) is 6. The van der Waals surface area contributed by atoms with Crippen molar-refractivity contribution in [2.24, 2.45) is 10.7 Å². The molecule has 1 aromatic carbocycles. The van der Waals surface area contributed by atoms with Crippen molar-refractivity contribution in [1.82, 2.24) is 24.8 Å². The van der Waals surface area contributed by atoms with Crippen molar-refractivity contribution in [2.45, 2.75) is 20.8 Å². The fourth-order valence-electron chi connectivity index (χ4n) is 3.00. The van der Waals surface area contributed by atoms with E-state index in [4.69, 9.17) is 10.2 Å². The van der Waals surface area contributed by atoms with Crippen molar-refractivity contribution in [2.75, 3.05) is 0 Å². The zero-order chi connectivity index (χ0) is 19.1. The van der Waals surface area contributed by atoms with E-state index in [0.29, 0.717) is 11.3 Å². The first-order valence-corrected chi connectivity index (χ1v) is 8.27. The topological polar surface area (TPSA) is 127 Å². The van der Waals surface area contributed by atoms with Gasteiger partial charge in [0, 0.05) is 11.3 Å². The lowest BCUT2D eigenvalue weighted by atomic mass is 10.1. The van der Waals surface area contributed by atoms with Gasteiger partial charge in [0.2, 0.25) is 0 Å². The summed E-state index contributed by atoms with van der Waals surface area (Å²) in [5.41, 5.74) is 9.12. The van der Waals surface area contributed by atoms with Crippen LogP contribution in [0.1, 0.15) is 18.3 Å². The van der Waals surface area contributed by atoms with Gasteiger partial charge in [0.25, 0.3) is 11.4 Å². The number of nitrogens with zero attached hydrogens (tertiary/aromatic N) is 5. The number of hydrogen-bond donors (Lipinski definition) is 2. The van der Waals surface area contributed by atoms with E-state index in [-0.39, 0.29) is 28.9 Å². The quantitative estimate of drug-likeness (QED) is 0.425. The minimum Gasteiger partial charge on any atom is -0.401 e. The zero-order valence-corrected chi connectivity index (χ0v) is 15.0. The third-order valence-corrected chi connectivity index (χ3v) is 4.10. The van der Waals surface area contributed by atoms with Crippen molar-refractivity contribution in [3.8, 4) is 22.6 Å². The summed E-state index contributed by atoms with van der Waals surface area (Å²) in [4.78, 5) is 21.6. The van der Waals surface area contributed by atoms with Gasteiger partial charge in [-0.05, 0) is 26.3 Å². The standard InChI is InChI=1S/C18H17N7O2/c1-9-14(16-22-23-18(27-16)21-11(3)19)17(26)25-15(20-9)13(10(2)24-25)12-7-5-4-6-8-12/h4-8,24H,1-3H3,(H2,19,21,23). The molecule has 3 heterocycles. The molecule has 4 rings (SSSR count). The molecule has 9 heteroatoms. The summed E-state index contributed by atoms with van der Waals surface area (Å²) in [6, 6.07) is 9.76. The fourth-order valence-corrected chi connectivity index (χ4v) is 3.00. The number of rotatable bonds is 3. The molecular weight excluding hydrogens is 346 g/mol. The van der Waals surface area contributed by atoms with Crippen LogP contribution in [0, 0.1) is 13.8 Å². The van der Waals surface area contributed by atoms with Crippen molar-refractivity contribution in [3.63, 3.8) is 0 Å². The zero-order valence-electron chi connectivity index (χ0n) is 15.0. The Morgan fingerprint density at radius 1 is 1.19 bits per heavy atom. The highest BCUT2D eigenvalue weighted by Crippen LogP contribution is 2.28. The maximum absolute atomic E-state index is 13.1. The van der Waals surface area contributed by atoms with Crippen molar-refractivity contribution in [3.05, 3.63) is 52.1 Å². The second-order valence-corrected chi connectivity index (χ2v) is 6.16. The lowest BCUT2D eigenvalue weighted by molar-refractivity contribution is 0.577. The molecule has 0 aliphatic heterocycles. The third-order valence-electron chi connectivity index (χ3n) is 4.10. The number of nitrogens with two attached hydrogens (primary N) is 1. The highest BCUT2D eigenvalue weighted by molar-refractivity contribution is 5.81. The van der Waals surface area contributed by atoms with Crippen LogP contribution in [0.25, 0.3) is 28.2 Å². The van der Waals surface area contributed by atoms with Gasteiger partial charge in [0.15, 0.2) is 5.65 Å². The highest BCUT2D eigenvalue weighted by atomic mass is 16.4. The van der Waals surface area contributed by atoms with E-state index in [1.807, 2.05) is 37.3 Å². The number of aryl methyl sites for hydroxylation is 2. The van der Waals surface area contributed by atoms with E-state index >= 15 is 0 Å². The summed E-state index contributed by atoms with van der Waals surface area (Å²) in [7, 11) is 0. The smallest absolute Gasteiger partial charge is 0.344 e. The second-order valence-electron chi connectivity index (χ2n) is 6.16. The van der Waals surface area contributed by atoms with Crippen LogP contribution >= 0.6 is 0 Å². The molecule has 0 fully saturated rings. The number of H-pyrrole nitrogens is 1. The SMILES string of the molecule is CC(N)=Nc1nnc(-c2c(C)nc3c(-c4ccccc4)c(C)[nH]n3c2=O)o1. The van der Waals surface area contributed by atoms with E-state index < -0.39 is 0 Å². The Balaban J connectivity index is 1.94. The van der Waals surface area contributed by atoms with Gasteiger partial charge in [-0.25, -0.2) is 9.50 Å². The molecule has 0 aliphatic carbocycles. The first-order chi connectivity index (χ1) is 13.0. The summed E-state index contributed by atoms with van der Waals surface area (Å²) in [5.74, 6) is 0.327. The number of aromatic nitrogens is 5. The van der Waals surface area contributed by atoms with Gasteiger partial charge in [-0.2, -0.15) is 4.99 Å². The molecule has 27 heavy (non-hydrogen) atoms. The third kappa shape index (κ3) is 2.78. The molecule has 3 N–H and O–H groups in total. The number of benzene rings is 1. The molecule has 4 aromatic rings. The molecule has 0 aliphatic rings. The second kappa shape index (κ2) is 6.20. The molecule has 0 amide bonds. The highest BCUT2D eigenvalue weighted by Gasteiger charge is 2.22. The number of fused-ring (bicyclic) bond motifs is 1. The summed E-state index contributed by atoms with van der Waals surface area (Å²) in [5, 5.41) is 10.8. The first-order valence-electron chi connectivity index (χ1n) is 8.27. The average molecular weight is 363 g/mol. The summed E-state index contributed by atoms with van der Waals surface area (Å²) < 4.78 is 6.85. The van der Waals surface area contributed by atoms with E-state index in [2.05, 4.69) is 25.3 Å². The Bertz CT molecular complexity index is 1230. The summed E-state index contributed by atoms with van der Waals surface area (Å²) in [6.07, 6.45) is 0. The van der Waals surface area contributed by atoms with Crippen LogP contribution in [0.4, 0.5) is 6.01 Å². The van der Waals surface area contributed by atoms with E-state index in [1.54, 1.807) is 13.8 Å². The molecule has 0 radical (unpaired) electrons. The Labute approximate surface area is 153 Å². The summed E-state index contributed by atoms with van der Waals surface area (Å²) >= 11 is 0. The van der Waals surface area contributed by atoms with Crippen LogP contribution in [-0.2, 0) is 0 Å². The van der Waals surface area contributed by atoms with E-state index in [1.165, 1.54) is 4.52 Å². The Hall–Kier alpha value is -3.75. The average Bonchev–Trinajstić information content (AvgIpc) is 3.19. The number of aromatic amines is 1. The van der Waals surface area contributed by atoms with Crippen LogP contribution < -0.4 is 11.3 Å². The first kappa shape index (κ1) is 16.7. The van der Waals surface area contributed by atoms with Crippen LogP contribution in [0.3, 0.4) is 0 Å². The van der Waals surface area contributed by atoms with Crippen LogP contribution in [0.2, 0.25) is 0 Å². The van der Waals surface area contributed by atoms with Crippen LogP contribution in [0.5, 0.6) is 0 Å². The van der Waals surface area contributed by atoms with Crippen molar-refractivity contribution >= 4 is 17.5 Å². The number of nitrogens with one attached hydrogen (secondary N) is 1. The predicted molar refractivity (Wildman–Crippen MR) is 101 cm³/mol. The van der Waals surface area contributed by atoms with Crippen LogP contribution in [-0.4, -0.2) is 30.6 Å². The Kier molecular flexibility index (Phi) is 3.84. The Morgan fingerprint density at radius 3 is 2.63 bits per heavy atom. The lowest BCUT2D eigenvalue weighted by Crippen LogP contribution is -2.19. The molecule has 3 aromatic heterocycles. The largest absolute Gasteiger partial charge is 0.401 e. The van der Waals surface area contributed by atoms with Gasteiger partial charge in [-0.15, -0.1) is 5.10 Å². The predicted octanol–water partition coefficient (Wildman–Crippen LogP) is 2.37. The normalized spacial score (nSPS) is 12.0. The molecule has 0 bridgehead atoms. The molecule has 0 saturated carbocycles. The monoisotopic (exact) mass is 363 g/mol.